The third-order valence-electron chi connectivity index (χ3n) is 4.70. The van der Waals surface area contributed by atoms with Gasteiger partial charge in [0.15, 0.2) is 18.1 Å². The first-order chi connectivity index (χ1) is 12.7. The maximum atomic E-state index is 12.8. The van der Waals surface area contributed by atoms with Crippen molar-refractivity contribution in [3.8, 4) is 11.5 Å². The number of H-pyrrole nitrogens is 1. The third-order valence-corrected chi connectivity index (χ3v) is 4.70. The molecule has 1 aliphatic carbocycles. The molecule has 1 N–H and O–H groups in total. The van der Waals surface area contributed by atoms with Gasteiger partial charge in [-0.2, -0.15) is 0 Å². The number of nitrogens with one attached hydrogen (secondary N) is 1. The molecule has 0 atom stereocenters. The van der Waals surface area contributed by atoms with Crippen LogP contribution >= 0.6 is 0 Å². The largest absolute Gasteiger partial charge is 0.493 e. The Balaban J connectivity index is 1.45. The second kappa shape index (κ2) is 7.12. The highest BCUT2D eigenvalue weighted by atomic mass is 16.5. The maximum absolute atomic E-state index is 12.8. The van der Waals surface area contributed by atoms with Gasteiger partial charge in [0.25, 0.3) is 5.91 Å². The molecule has 5 nitrogen and oxygen atoms in total. The van der Waals surface area contributed by atoms with Crippen molar-refractivity contribution in [3.05, 3.63) is 60.3 Å². The fourth-order valence-electron chi connectivity index (χ4n) is 3.16. The molecule has 1 aliphatic rings. The number of aromatic nitrogens is 1. The van der Waals surface area contributed by atoms with Gasteiger partial charge in [0, 0.05) is 24.3 Å². The van der Waals surface area contributed by atoms with E-state index in [2.05, 4.69) is 23.2 Å². The molecule has 1 saturated carbocycles. The van der Waals surface area contributed by atoms with E-state index >= 15 is 0 Å². The van der Waals surface area contributed by atoms with Crippen LogP contribution in [0.3, 0.4) is 0 Å². The van der Waals surface area contributed by atoms with Crippen molar-refractivity contribution < 1.29 is 14.3 Å². The standard InChI is InChI=1S/C21H22N2O3/c1-25-19-4-2-3-5-20(19)26-14-21(24)23(17-8-9-17)13-15-6-7-16-10-11-22-18(16)12-15/h2-7,10-12,17,22H,8-9,13-14H2,1H3. The number of rotatable bonds is 7. The highest BCUT2D eigenvalue weighted by Gasteiger charge is 2.32. The van der Waals surface area contributed by atoms with E-state index in [9.17, 15) is 4.79 Å². The lowest BCUT2D eigenvalue weighted by Gasteiger charge is -2.23. The maximum Gasteiger partial charge on any atom is 0.261 e. The molecule has 0 aliphatic heterocycles. The Hall–Kier alpha value is -2.95. The number of methoxy groups -OCH3 is 1. The number of aromatic amines is 1. The number of carbonyl (C=O) groups excluding carboxylic acids is 1. The molecule has 1 heterocycles. The number of fused-ring (bicyclic) bond motifs is 1. The van der Waals surface area contributed by atoms with Crippen molar-refractivity contribution in [1.29, 1.82) is 0 Å². The molecule has 1 amide bonds. The number of benzene rings is 2. The Kier molecular flexibility index (Phi) is 4.52. The monoisotopic (exact) mass is 350 g/mol. The summed E-state index contributed by atoms with van der Waals surface area (Å²) in [4.78, 5) is 17.9. The molecule has 0 unspecified atom stereocenters. The van der Waals surface area contributed by atoms with Crippen molar-refractivity contribution in [2.75, 3.05) is 13.7 Å². The summed E-state index contributed by atoms with van der Waals surface area (Å²) in [5.74, 6) is 1.23. The predicted molar refractivity (Wildman–Crippen MR) is 100 cm³/mol. The lowest BCUT2D eigenvalue weighted by molar-refractivity contribution is -0.134. The summed E-state index contributed by atoms with van der Waals surface area (Å²) in [6.45, 7) is 0.620. The quantitative estimate of drug-likeness (QED) is 0.706. The summed E-state index contributed by atoms with van der Waals surface area (Å²) in [6.07, 6.45) is 4.05. The number of hydrogen-bond donors (Lipinski definition) is 1. The van der Waals surface area contributed by atoms with Crippen LogP contribution in [0, 0.1) is 0 Å². The molecule has 3 aromatic rings. The van der Waals surface area contributed by atoms with Gasteiger partial charge in [0.05, 0.1) is 7.11 Å². The Bertz CT molecular complexity index is 914. The smallest absolute Gasteiger partial charge is 0.261 e. The van der Waals surface area contributed by atoms with Crippen LogP contribution < -0.4 is 9.47 Å². The second-order valence-corrected chi connectivity index (χ2v) is 6.59. The lowest BCUT2D eigenvalue weighted by atomic mass is 10.1. The molecular weight excluding hydrogens is 328 g/mol. The molecule has 4 rings (SSSR count). The van der Waals surface area contributed by atoms with Crippen molar-refractivity contribution in [1.82, 2.24) is 9.88 Å². The summed E-state index contributed by atoms with van der Waals surface area (Å²) in [5.41, 5.74) is 2.22. The number of para-hydroxylation sites is 2. The highest BCUT2D eigenvalue weighted by Crippen LogP contribution is 2.30. The fraction of sp³-hybridized carbons (Fsp3) is 0.286. The molecular formula is C21H22N2O3. The SMILES string of the molecule is COc1ccccc1OCC(=O)N(Cc1ccc2cc[nH]c2c1)C1CC1. The highest BCUT2D eigenvalue weighted by molar-refractivity contribution is 5.81. The number of hydrogen-bond acceptors (Lipinski definition) is 3. The number of ether oxygens (including phenoxy) is 2. The van der Waals surface area contributed by atoms with Crippen LogP contribution in [0.1, 0.15) is 18.4 Å². The molecule has 1 aromatic heterocycles. The third kappa shape index (κ3) is 3.52. The van der Waals surface area contributed by atoms with E-state index in [1.807, 2.05) is 41.4 Å². The van der Waals surface area contributed by atoms with Crippen molar-refractivity contribution >= 4 is 16.8 Å². The van der Waals surface area contributed by atoms with Crippen LogP contribution in [-0.2, 0) is 11.3 Å². The molecule has 0 spiro atoms. The van der Waals surface area contributed by atoms with E-state index in [0.717, 1.165) is 23.9 Å². The first-order valence-corrected chi connectivity index (χ1v) is 8.86. The Morgan fingerprint density at radius 2 is 1.96 bits per heavy atom. The Morgan fingerprint density at radius 3 is 2.73 bits per heavy atom. The van der Waals surface area contributed by atoms with E-state index in [-0.39, 0.29) is 12.5 Å². The minimum absolute atomic E-state index is 0.00462. The zero-order valence-electron chi connectivity index (χ0n) is 14.8. The average molecular weight is 350 g/mol. The van der Waals surface area contributed by atoms with Crippen LogP contribution in [0.4, 0.5) is 0 Å². The predicted octanol–water partition coefficient (Wildman–Crippen LogP) is 3.75. The van der Waals surface area contributed by atoms with E-state index < -0.39 is 0 Å². The van der Waals surface area contributed by atoms with Crippen molar-refractivity contribution in [2.24, 2.45) is 0 Å². The molecule has 0 radical (unpaired) electrons. The normalized spacial score (nSPS) is 13.6. The molecule has 0 bridgehead atoms. The first kappa shape index (κ1) is 16.5. The lowest BCUT2D eigenvalue weighted by Crippen LogP contribution is -2.36. The van der Waals surface area contributed by atoms with Crippen LogP contribution in [0.15, 0.2) is 54.7 Å². The van der Waals surface area contributed by atoms with Gasteiger partial charge in [-0.15, -0.1) is 0 Å². The molecule has 0 saturated heterocycles. The Labute approximate surface area is 152 Å². The minimum Gasteiger partial charge on any atom is -0.493 e. The van der Waals surface area contributed by atoms with Crippen LogP contribution in [0.2, 0.25) is 0 Å². The molecule has 5 heteroatoms. The summed E-state index contributed by atoms with van der Waals surface area (Å²) in [7, 11) is 1.59. The van der Waals surface area contributed by atoms with E-state index in [1.54, 1.807) is 7.11 Å². The van der Waals surface area contributed by atoms with Gasteiger partial charge in [-0.3, -0.25) is 4.79 Å². The second-order valence-electron chi connectivity index (χ2n) is 6.59. The van der Waals surface area contributed by atoms with Crippen molar-refractivity contribution in [3.63, 3.8) is 0 Å². The van der Waals surface area contributed by atoms with Gasteiger partial charge in [-0.25, -0.2) is 0 Å². The molecule has 1 fully saturated rings. The Morgan fingerprint density at radius 1 is 1.15 bits per heavy atom. The zero-order chi connectivity index (χ0) is 17.9. The number of carbonyl (C=O) groups is 1. The van der Waals surface area contributed by atoms with Gasteiger partial charge in [0.1, 0.15) is 0 Å². The summed E-state index contributed by atoms with van der Waals surface area (Å²) in [6, 6.07) is 16.0. The van der Waals surface area contributed by atoms with Gasteiger partial charge < -0.3 is 19.4 Å². The van der Waals surface area contributed by atoms with E-state index in [1.165, 1.54) is 5.39 Å². The van der Waals surface area contributed by atoms with Gasteiger partial charge >= 0.3 is 0 Å². The number of amides is 1. The summed E-state index contributed by atoms with van der Waals surface area (Å²) >= 11 is 0. The molecule has 2 aromatic carbocycles. The van der Waals surface area contributed by atoms with Gasteiger partial charge in [0.2, 0.25) is 0 Å². The summed E-state index contributed by atoms with van der Waals surface area (Å²) < 4.78 is 11.0. The first-order valence-electron chi connectivity index (χ1n) is 8.86. The summed E-state index contributed by atoms with van der Waals surface area (Å²) in [5, 5.41) is 1.18. The fourth-order valence-corrected chi connectivity index (χ4v) is 3.16. The molecule has 26 heavy (non-hydrogen) atoms. The van der Waals surface area contributed by atoms with Crippen LogP contribution in [-0.4, -0.2) is 35.5 Å². The minimum atomic E-state index is 0.00462. The molecule has 134 valence electrons. The van der Waals surface area contributed by atoms with E-state index in [0.29, 0.717) is 24.1 Å². The van der Waals surface area contributed by atoms with E-state index in [4.69, 9.17) is 9.47 Å². The van der Waals surface area contributed by atoms with Crippen LogP contribution in [0.25, 0.3) is 10.9 Å². The van der Waals surface area contributed by atoms with Gasteiger partial charge in [-0.05, 0) is 48.1 Å². The topological polar surface area (TPSA) is 54.6 Å². The van der Waals surface area contributed by atoms with Crippen molar-refractivity contribution in [2.45, 2.75) is 25.4 Å². The average Bonchev–Trinajstić information content (AvgIpc) is 3.41. The van der Waals surface area contributed by atoms with Gasteiger partial charge in [-0.1, -0.05) is 24.3 Å². The number of nitrogens with zero attached hydrogens (tertiary/aromatic N) is 1. The zero-order valence-corrected chi connectivity index (χ0v) is 14.8. The van der Waals surface area contributed by atoms with Crippen LogP contribution in [0.5, 0.6) is 11.5 Å².